The predicted molar refractivity (Wildman–Crippen MR) is 88.0 cm³/mol. The second-order valence-corrected chi connectivity index (χ2v) is 5.94. The topological polar surface area (TPSA) is 84.8 Å². The van der Waals surface area contributed by atoms with E-state index in [1.165, 1.54) is 6.07 Å². The number of carbonyl (C=O) groups excluding carboxylic acids is 1. The van der Waals surface area contributed by atoms with Gasteiger partial charge in [-0.05, 0) is 38.0 Å². The molecule has 1 fully saturated rings. The second kappa shape index (κ2) is 6.71. The van der Waals surface area contributed by atoms with Crippen LogP contribution in [0.2, 0.25) is 0 Å². The maximum atomic E-state index is 14.1. The first kappa shape index (κ1) is 16.0. The van der Waals surface area contributed by atoms with Gasteiger partial charge >= 0.3 is 0 Å². The molecule has 24 heavy (non-hydrogen) atoms. The SMILES string of the molecule is Cc1cnc(NC(=O)C2CCN(c3ccc(C#N)cc3F)CC2)[nH]1. The van der Waals surface area contributed by atoms with E-state index < -0.39 is 5.82 Å². The third kappa shape index (κ3) is 3.38. The summed E-state index contributed by atoms with van der Waals surface area (Å²) in [5, 5.41) is 11.6. The van der Waals surface area contributed by atoms with Crippen molar-refractivity contribution in [2.45, 2.75) is 19.8 Å². The summed E-state index contributed by atoms with van der Waals surface area (Å²) < 4.78 is 14.1. The van der Waals surface area contributed by atoms with Crippen LogP contribution in [0.25, 0.3) is 0 Å². The fraction of sp³-hybridized carbons (Fsp3) is 0.353. The van der Waals surface area contributed by atoms with Gasteiger partial charge in [-0.1, -0.05) is 0 Å². The lowest BCUT2D eigenvalue weighted by Crippen LogP contribution is -2.38. The van der Waals surface area contributed by atoms with E-state index in [2.05, 4.69) is 15.3 Å². The van der Waals surface area contributed by atoms with Crippen LogP contribution >= 0.6 is 0 Å². The van der Waals surface area contributed by atoms with Gasteiger partial charge in [0.05, 0.1) is 17.3 Å². The average molecular weight is 327 g/mol. The molecule has 1 aliphatic heterocycles. The van der Waals surface area contributed by atoms with Crippen molar-refractivity contribution in [1.29, 1.82) is 5.26 Å². The highest BCUT2D eigenvalue weighted by molar-refractivity contribution is 5.91. The lowest BCUT2D eigenvalue weighted by Gasteiger charge is -2.33. The first-order valence-electron chi connectivity index (χ1n) is 7.84. The molecule has 2 heterocycles. The number of hydrogen-bond acceptors (Lipinski definition) is 4. The summed E-state index contributed by atoms with van der Waals surface area (Å²) in [6.45, 7) is 3.06. The van der Waals surface area contributed by atoms with Crippen molar-refractivity contribution in [3.05, 3.63) is 41.5 Å². The summed E-state index contributed by atoms with van der Waals surface area (Å²) in [5.41, 5.74) is 1.67. The monoisotopic (exact) mass is 327 g/mol. The highest BCUT2D eigenvalue weighted by Gasteiger charge is 2.26. The van der Waals surface area contributed by atoms with E-state index in [1.807, 2.05) is 17.9 Å². The van der Waals surface area contributed by atoms with E-state index in [0.717, 1.165) is 5.69 Å². The number of nitrogens with zero attached hydrogens (tertiary/aromatic N) is 3. The van der Waals surface area contributed by atoms with Crippen molar-refractivity contribution in [3.63, 3.8) is 0 Å². The number of aryl methyl sites for hydroxylation is 1. The Kier molecular flexibility index (Phi) is 4.47. The van der Waals surface area contributed by atoms with Gasteiger partial charge in [-0.2, -0.15) is 5.26 Å². The normalized spacial score (nSPS) is 15.1. The molecule has 1 aliphatic rings. The van der Waals surface area contributed by atoms with Crippen molar-refractivity contribution in [3.8, 4) is 6.07 Å². The van der Waals surface area contributed by atoms with Crippen molar-refractivity contribution in [2.24, 2.45) is 5.92 Å². The zero-order valence-corrected chi connectivity index (χ0v) is 13.3. The number of anilines is 2. The summed E-state index contributed by atoms with van der Waals surface area (Å²) >= 11 is 0. The van der Waals surface area contributed by atoms with Gasteiger partial charge in [0.15, 0.2) is 0 Å². The molecule has 0 unspecified atom stereocenters. The first-order chi connectivity index (χ1) is 11.6. The highest BCUT2D eigenvalue weighted by atomic mass is 19.1. The van der Waals surface area contributed by atoms with Gasteiger partial charge in [0, 0.05) is 30.9 Å². The van der Waals surface area contributed by atoms with Gasteiger partial charge in [-0.25, -0.2) is 9.37 Å². The quantitative estimate of drug-likeness (QED) is 0.907. The Morgan fingerprint density at radius 2 is 2.21 bits per heavy atom. The third-order valence-corrected chi connectivity index (χ3v) is 4.23. The predicted octanol–water partition coefficient (Wildman–Crippen LogP) is 2.58. The molecular formula is C17H18FN5O. The highest BCUT2D eigenvalue weighted by Crippen LogP contribution is 2.26. The molecule has 0 spiro atoms. The zero-order chi connectivity index (χ0) is 17.1. The molecule has 1 aromatic heterocycles. The van der Waals surface area contributed by atoms with Crippen LogP contribution in [0.5, 0.6) is 0 Å². The fourth-order valence-corrected chi connectivity index (χ4v) is 2.91. The zero-order valence-electron chi connectivity index (χ0n) is 13.3. The van der Waals surface area contributed by atoms with E-state index in [-0.39, 0.29) is 11.8 Å². The Morgan fingerprint density at radius 1 is 1.46 bits per heavy atom. The molecule has 0 atom stereocenters. The number of benzene rings is 1. The van der Waals surface area contributed by atoms with Gasteiger partial charge in [0.2, 0.25) is 11.9 Å². The Hall–Kier alpha value is -2.88. The number of carbonyl (C=O) groups is 1. The number of piperidine rings is 1. The number of aromatic amines is 1. The van der Waals surface area contributed by atoms with Crippen molar-refractivity contribution in [1.82, 2.24) is 9.97 Å². The Balaban J connectivity index is 1.59. The summed E-state index contributed by atoms with van der Waals surface area (Å²) in [6.07, 6.45) is 2.95. The summed E-state index contributed by atoms with van der Waals surface area (Å²) in [7, 11) is 0. The number of H-pyrrole nitrogens is 1. The van der Waals surface area contributed by atoms with Crippen LogP contribution in [0.4, 0.5) is 16.0 Å². The molecule has 7 heteroatoms. The van der Waals surface area contributed by atoms with E-state index >= 15 is 0 Å². The molecule has 6 nitrogen and oxygen atoms in total. The van der Waals surface area contributed by atoms with Crippen LogP contribution in [-0.4, -0.2) is 29.0 Å². The number of aromatic nitrogens is 2. The molecule has 0 saturated carbocycles. The van der Waals surface area contributed by atoms with E-state index in [1.54, 1.807) is 18.3 Å². The van der Waals surface area contributed by atoms with Gasteiger partial charge < -0.3 is 9.88 Å². The van der Waals surface area contributed by atoms with E-state index in [4.69, 9.17) is 5.26 Å². The second-order valence-electron chi connectivity index (χ2n) is 5.94. The molecule has 1 saturated heterocycles. The van der Waals surface area contributed by atoms with Gasteiger partial charge in [-0.15, -0.1) is 0 Å². The standard InChI is InChI=1S/C17H18FN5O/c1-11-10-20-17(21-11)22-16(24)13-4-6-23(7-5-13)15-3-2-12(9-19)8-14(15)18/h2-3,8,10,13H,4-7H2,1H3,(H2,20,21,22,24). The summed E-state index contributed by atoms with van der Waals surface area (Å²) in [4.78, 5) is 21.2. The number of rotatable bonds is 3. The largest absolute Gasteiger partial charge is 0.369 e. The third-order valence-electron chi connectivity index (χ3n) is 4.23. The summed E-state index contributed by atoms with van der Waals surface area (Å²) in [5.74, 6) is -0.126. The molecule has 2 N–H and O–H groups in total. The first-order valence-corrected chi connectivity index (χ1v) is 7.84. The number of imidazole rings is 1. The van der Waals surface area contributed by atoms with Crippen LogP contribution in [0.1, 0.15) is 24.1 Å². The van der Waals surface area contributed by atoms with Crippen LogP contribution in [0.15, 0.2) is 24.4 Å². The number of halogens is 1. The van der Waals surface area contributed by atoms with Crippen LogP contribution in [-0.2, 0) is 4.79 Å². The minimum atomic E-state index is -0.400. The molecule has 0 radical (unpaired) electrons. The van der Waals surface area contributed by atoms with Crippen LogP contribution in [0, 0.1) is 30.0 Å². The molecule has 1 aromatic carbocycles. The molecule has 1 amide bonds. The number of amides is 1. The molecule has 2 aromatic rings. The van der Waals surface area contributed by atoms with Crippen molar-refractivity contribution in [2.75, 3.05) is 23.3 Å². The van der Waals surface area contributed by atoms with Crippen molar-refractivity contribution >= 4 is 17.5 Å². The number of nitrogens with one attached hydrogen (secondary N) is 2. The molecule has 124 valence electrons. The molecular weight excluding hydrogens is 309 g/mol. The Labute approximate surface area is 139 Å². The maximum absolute atomic E-state index is 14.1. The molecule has 0 aliphatic carbocycles. The number of hydrogen-bond donors (Lipinski definition) is 2. The fourth-order valence-electron chi connectivity index (χ4n) is 2.91. The van der Waals surface area contributed by atoms with Gasteiger partial charge in [0.1, 0.15) is 5.82 Å². The molecule has 3 rings (SSSR count). The number of nitriles is 1. The van der Waals surface area contributed by atoms with E-state index in [9.17, 15) is 9.18 Å². The van der Waals surface area contributed by atoms with Gasteiger partial charge in [0.25, 0.3) is 0 Å². The minimum absolute atomic E-state index is 0.0655. The van der Waals surface area contributed by atoms with Crippen LogP contribution in [0.3, 0.4) is 0 Å². The van der Waals surface area contributed by atoms with Gasteiger partial charge in [-0.3, -0.25) is 10.1 Å². The lowest BCUT2D eigenvalue weighted by molar-refractivity contribution is -0.120. The maximum Gasteiger partial charge on any atom is 0.229 e. The lowest BCUT2D eigenvalue weighted by atomic mass is 9.95. The molecule has 0 bridgehead atoms. The van der Waals surface area contributed by atoms with Crippen LogP contribution < -0.4 is 10.2 Å². The smallest absolute Gasteiger partial charge is 0.229 e. The Bertz CT molecular complexity index is 787. The Morgan fingerprint density at radius 3 is 2.79 bits per heavy atom. The minimum Gasteiger partial charge on any atom is -0.369 e. The average Bonchev–Trinajstić information content (AvgIpc) is 2.99. The van der Waals surface area contributed by atoms with Crippen molar-refractivity contribution < 1.29 is 9.18 Å². The summed E-state index contributed by atoms with van der Waals surface area (Å²) in [6, 6.07) is 6.40. The van der Waals surface area contributed by atoms with E-state index in [0.29, 0.717) is 43.1 Å².